The van der Waals surface area contributed by atoms with Crippen molar-refractivity contribution in [2.45, 2.75) is 33.8 Å². The van der Waals surface area contributed by atoms with Crippen LogP contribution >= 0.6 is 0 Å². The van der Waals surface area contributed by atoms with Crippen LogP contribution in [0.4, 0.5) is 0 Å². The van der Waals surface area contributed by atoms with Gasteiger partial charge in [-0.15, -0.1) is 0 Å². The van der Waals surface area contributed by atoms with Crippen LogP contribution in [0.1, 0.15) is 39.4 Å². The molecule has 0 aliphatic heterocycles. The monoisotopic (exact) mass is 265 g/mol. The highest BCUT2D eigenvalue weighted by molar-refractivity contribution is 5.81. The minimum absolute atomic E-state index is 0.0718. The van der Waals surface area contributed by atoms with Gasteiger partial charge in [0, 0.05) is 12.0 Å². The van der Waals surface area contributed by atoms with Crippen LogP contribution in [0.5, 0.6) is 5.75 Å². The predicted molar refractivity (Wildman–Crippen MR) is 75.0 cm³/mol. The van der Waals surface area contributed by atoms with Gasteiger partial charge in [-0.1, -0.05) is 32.9 Å². The van der Waals surface area contributed by atoms with Gasteiger partial charge in [-0.3, -0.25) is 4.79 Å². The van der Waals surface area contributed by atoms with Crippen molar-refractivity contribution in [3.05, 3.63) is 29.8 Å². The minimum atomic E-state index is -0.707. The van der Waals surface area contributed by atoms with E-state index < -0.39 is 11.5 Å². The number of amides is 1. The molecule has 0 spiro atoms. The lowest BCUT2D eigenvalue weighted by molar-refractivity contribution is -0.128. The molecule has 1 aromatic rings. The molecular formula is C15H23NO3. The van der Waals surface area contributed by atoms with E-state index >= 15 is 0 Å². The Morgan fingerprint density at radius 1 is 1.32 bits per heavy atom. The molecule has 1 rings (SSSR count). The van der Waals surface area contributed by atoms with Gasteiger partial charge < -0.3 is 15.2 Å². The molecule has 0 aliphatic carbocycles. The second-order valence-electron chi connectivity index (χ2n) is 5.48. The maximum Gasteiger partial charge on any atom is 0.225 e. The molecule has 1 unspecified atom stereocenters. The zero-order valence-corrected chi connectivity index (χ0v) is 12.1. The molecule has 0 aliphatic rings. The number of hydrogen-bond acceptors (Lipinski definition) is 3. The summed E-state index contributed by atoms with van der Waals surface area (Å²) in [5.41, 5.74) is 0.316. The fraction of sp³-hybridized carbons (Fsp3) is 0.533. The smallest absolute Gasteiger partial charge is 0.225 e. The highest BCUT2D eigenvalue weighted by Gasteiger charge is 2.21. The third kappa shape index (κ3) is 4.91. The first-order chi connectivity index (χ1) is 8.84. The Kier molecular flexibility index (Phi) is 5.36. The summed E-state index contributed by atoms with van der Waals surface area (Å²) >= 11 is 0. The summed E-state index contributed by atoms with van der Waals surface area (Å²) in [4.78, 5) is 11.7. The maximum absolute atomic E-state index is 11.7. The summed E-state index contributed by atoms with van der Waals surface area (Å²) in [6.45, 7) is 8.27. The van der Waals surface area contributed by atoms with Crippen molar-refractivity contribution in [3.63, 3.8) is 0 Å². The standard InChI is InChI=1S/C15H23NO3/c1-5-19-12-8-6-11(7-9-12)13(17)10-16-14(18)15(2,3)4/h6-9,13,17H,5,10H2,1-4H3,(H,16,18). The number of carbonyl (C=O) groups excluding carboxylic acids is 1. The molecule has 1 aromatic carbocycles. The minimum Gasteiger partial charge on any atom is -0.494 e. The van der Waals surface area contributed by atoms with Crippen molar-refractivity contribution < 1.29 is 14.6 Å². The van der Waals surface area contributed by atoms with Crippen LogP contribution in [0, 0.1) is 5.41 Å². The maximum atomic E-state index is 11.7. The van der Waals surface area contributed by atoms with Gasteiger partial charge in [-0.25, -0.2) is 0 Å². The van der Waals surface area contributed by atoms with E-state index in [1.807, 2.05) is 39.8 Å². The van der Waals surface area contributed by atoms with E-state index in [4.69, 9.17) is 4.74 Å². The molecule has 0 fully saturated rings. The van der Waals surface area contributed by atoms with Crippen LogP contribution < -0.4 is 10.1 Å². The average molecular weight is 265 g/mol. The third-order valence-corrected chi connectivity index (χ3v) is 2.71. The topological polar surface area (TPSA) is 58.6 Å². The van der Waals surface area contributed by atoms with Crippen molar-refractivity contribution in [2.75, 3.05) is 13.2 Å². The van der Waals surface area contributed by atoms with Crippen molar-refractivity contribution in [3.8, 4) is 5.75 Å². The molecule has 1 amide bonds. The number of carbonyl (C=O) groups is 1. The van der Waals surface area contributed by atoms with Crippen molar-refractivity contribution >= 4 is 5.91 Å². The lowest BCUT2D eigenvalue weighted by Gasteiger charge is -2.19. The van der Waals surface area contributed by atoms with E-state index in [1.165, 1.54) is 0 Å². The lowest BCUT2D eigenvalue weighted by Crippen LogP contribution is -2.37. The van der Waals surface area contributed by atoms with Gasteiger partial charge in [0.15, 0.2) is 0 Å². The molecule has 4 nitrogen and oxygen atoms in total. The fourth-order valence-corrected chi connectivity index (χ4v) is 1.53. The molecule has 4 heteroatoms. The number of hydrogen-bond donors (Lipinski definition) is 2. The Labute approximate surface area is 114 Å². The van der Waals surface area contributed by atoms with Crippen LogP contribution in [0.25, 0.3) is 0 Å². The SMILES string of the molecule is CCOc1ccc(C(O)CNC(=O)C(C)(C)C)cc1. The molecule has 0 heterocycles. The van der Waals surface area contributed by atoms with Crippen LogP contribution in [0.3, 0.4) is 0 Å². The molecule has 0 aromatic heterocycles. The highest BCUT2D eigenvalue weighted by atomic mass is 16.5. The van der Waals surface area contributed by atoms with Crippen molar-refractivity contribution in [1.29, 1.82) is 0 Å². The Bertz CT molecular complexity index is 406. The molecule has 0 bridgehead atoms. The second-order valence-corrected chi connectivity index (χ2v) is 5.48. The molecule has 19 heavy (non-hydrogen) atoms. The molecule has 0 saturated heterocycles. The van der Waals surface area contributed by atoms with E-state index in [0.717, 1.165) is 11.3 Å². The first-order valence-electron chi connectivity index (χ1n) is 6.53. The summed E-state index contributed by atoms with van der Waals surface area (Å²) in [7, 11) is 0. The number of benzene rings is 1. The predicted octanol–water partition coefficient (Wildman–Crippen LogP) is 2.28. The fourth-order valence-electron chi connectivity index (χ4n) is 1.53. The van der Waals surface area contributed by atoms with E-state index in [0.29, 0.717) is 6.61 Å². The normalized spacial score (nSPS) is 12.9. The third-order valence-electron chi connectivity index (χ3n) is 2.71. The first kappa shape index (κ1) is 15.5. The quantitative estimate of drug-likeness (QED) is 0.858. The van der Waals surface area contributed by atoms with Crippen molar-refractivity contribution in [1.82, 2.24) is 5.32 Å². The second kappa shape index (κ2) is 6.57. The van der Waals surface area contributed by atoms with E-state index in [9.17, 15) is 9.90 Å². The molecular weight excluding hydrogens is 242 g/mol. The lowest BCUT2D eigenvalue weighted by atomic mass is 9.95. The summed E-state index contributed by atoms with van der Waals surface area (Å²) in [5, 5.41) is 12.7. The summed E-state index contributed by atoms with van der Waals surface area (Å²) in [6, 6.07) is 7.24. The van der Waals surface area contributed by atoms with Crippen LogP contribution in [0.2, 0.25) is 0 Å². The van der Waals surface area contributed by atoms with Gasteiger partial charge in [-0.2, -0.15) is 0 Å². The molecule has 106 valence electrons. The highest BCUT2D eigenvalue weighted by Crippen LogP contribution is 2.18. The van der Waals surface area contributed by atoms with E-state index in [2.05, 4.69) is 5.32 Å². The number of rotatable bonds is 5. The summed E-state index contributed by atoms with van der Waals surface area (Å²) in [6.07, 6.45) is -0.707. The Balaban J connectivity index is 2.54. The van der Waals surface area contributed by atoms with Gasteiger partial charge in [0.2, 0.25) is 5.91 Å². The van der Waals surface area contributed by atoms with Crippen LogP contribution in [0.15, 0.2) is 24.3 Å². The van der Waals surface area contributed by atoms with Gasteiger partial charge in [0.05, 0.1) is 12.7 Å². The number of aliphatic hydroxyl groups excluding tert-OH is 1. The number of nitrogens with one attached hydrogen (secondary N) is 1. The van der Waals surface area contributed by atoms with Crippen LogP contribution in [-0.2, 0) is 4.79 Å². The summed E-state index contributed by atoms with van der Waals surface area (Å²) in [5.74, 6) is 0.703. The average Bonchev–Trinajstić information content (AvgIpc) is 2.35. The van der Waals surface area contributed by atoms with E-state index in [-0.39, 0.29) is 12.5 Å². The van der Waals surface area contributed by atoms with Gasteiger partial charge in [0.25, 0.3) is 0 Å². The van der Waals surface area contributed by atoms with Gasteiger partial charge in [0.1, 0.15) is 5.75 Å². The molecule has 0 saturated carbocycles. The Morgan fingerprint density at radius 3 is 2.37 bits per heavy atom. The van der Waals surface area contributed by atoms with Crippen LogP contribution in [-0.4, -0.2) is 24.2 Å². The van der Waals surface area contributed by atoms with Crippen molar-refractivity contribution in [2.24, 2.45) is 5.41 Å². The number of aliphatic hydroxyl groups is 1. The molecule has 2 N–H and O–H groups in total. The van der Waals surface area contributed by atoms with E-state index in [1.54, 1.807) is 12.1 Å². The largest absolute Gasteiger partial charge is 0.494 e. The zero-order chi connectivity index (χ0) is 14.5. The van der Waals surface area contributed by atoms with Gasteiger partial charge in [-0.05, 0) is 24.6 Å². The Morgan fingerprint density at radius 2 is 1.89 bits per heavy atom. The van der Waals surface area contributed by atoms with Gasteiger partial charge >= 0.3 is 0 Å². The summed E-state index contributed by atoms with van der Waals surface area (Å²) < 4.78 is 5.33. The Hall–Kier alpha value is -1.55. The number of ether oxygens (including phenoxy) is 1. The molecule has 1 atom stereocenters. The zero-order valence-electron chi connectivity index (χ0n) is 12.1. The first-order valence-corrected chi connectivity index (χ1v) is 6.53. The molecule has 0 radical (unpaired) electrons.